The third-order valence-corrected chi connectivity index (χ3v) is 3.68. The molecule has 0 saturated carbocycles. The van der Waals surface area contributed by atoms with E-state index in [4.69, 9.17) is 0 Å². The summed E-state index contributed by atoms with van der Waals surface area (Å²) in [4.78, 5) is 0. The topological polar surface area (TPSA) is 29.9 Å². The van der Waals surface area contributed by atoms with Crippen molar-refractivity contribution in [3.8, 4) is 0 Å². The van der Waals surface area contributed by atoms with E-state index >= 15 is 0 Å². The molecule has 3 nitrogen and oxygen atoms in total. The Morgan fingerprint density at radius 1 is 1.41 bits per heavy atom. The second-order valence-corrected chi connectivity index (χ2v) is 6.02. The molecule has 17 heavy (non-hydrogen) atoms. The molecule has 0 fully saturated rings. The average molecular weight is 255 g/mol. The lowest BCUT2D eigenvalue weighted by Crippen LogP contribution is -2.20. The molecular formula is C13H25N3S. The Kier molecular flexibility index (Phi) is 6.66. The molecule has 0 aliphatic carbocycles. The van der Waals surface area contributed by atoms with Crippen molar-refractivity contribution in [3.63, 3.8) is 0 Å². The molecule has 1 rings (SSSR count). The van der Waals surface area contributed by atoms with Crippen molar-refractivity contribution < 1.29 is 0 Å². The van der Waals surface area contributed by atoms with Crippen LogP contribution >= 0.6 is 11.8 Å². The summed E-state index contributed by atoms with van der Waals surface area (Å²) in [5, 5.41) is 9.09. The van der Waals surface area contributed by atoms with Gasteiger partial charge in [0, 0.05) is 7.05 Å². The third-order valence-electron chi connectivity index (χ3n) is 2.51. The summed E-state index contributed by atoms with van der Waals surface area (Å²) >= 11 is 1.90. The molecular weight excluding hydrogens is 230 g/mol. The SMILES string of the molecule is Cc1cc(SCCCCNCC(C)C)n(C)n1. The fraction of sp³-hybridized carbons (Fsp3) is 0.769. The molecule has 0 unspecified atom stereocenters. The van der Waals surface area contributed by atoms with E-state index in [2.05, 4.69) is 30.3 Å². The summed E-state index contributed by atoms with van der Waals surface area (Å²) in [7, 11) is 2.01. The molecule has 0 saturated heterocycles. The highest BCUT2D eigenvalue weighted by Gasteiger charge is 2.01. The van der Waals surface area contributed by atoms with Crippen LogP contribution in [0.5, 0.6) is 0 Å². The summed E-state index contributed by atoms with van der Waals surface area (Å²) in [6.45, 7) is 8.80. The van der Waals surface area contributed by atoms with Crippen molar-refractivity contribution in [2.75, 3.05) is 18.8 Å². The number of hydrogen-bond donors (Lipinski definition) is 1. The quantitative estimate of drug-likeness (QED) is 0.572. The van der Waals surface area contributed by atoms with Gasteiger partial charge in [-0.2, -0.15) is 5.10 Å². The van der Waals surface area contributed by atoms with Crippen molar-refractivity contribution in [2.24, 2.45) is 13.0 Å². The van der Waals surface area contributed by atoms with E-state index in [1.165, 1.54) is 23.6 Å². The Labute approximate surface area is 109 Å². The first-order valence-corrected chi connectivity index (χ1v) is 7.42. The van der Waals surface area contributed by atoms with Gasteiger partial charge in [0.25, 0.3) is 0 Å². The summed E-state index contributed by atoms with van der Waals surface area (Å²) in [6, 6.07) is 2.15. The second-order valence-electron chi connectivity index (χ2n) is 4.90. The van der Waals surface area contributed by atoms with E-state index in [-0.39, 0.29) is 0 Å². The Morgan fingerprint density at radius 3 is 2.76 bits per heavy atom. The molecule has 1 heterocycles. The van der Waals surface area contributed by atoms with Gasteiger partial charge in [0.05, 0.1) is 10.7 Å². The highest BCUT2D eigenvalue weighted by Crippen LogP contribution is 2.19. The molecule has 1 aromatic rings. The molecule has 0 bridgehead atoms. The molecule has 4 heteroatoms. The van der Waals surface area contributed by atoms with Gasteiger partial charge < -0.3 is 5.32 Å². The maximum Gasteiger partial charge on any atom is 0.0939 e. The van der Waals surface area contributed by atoms with Gasteiger partial charge in [0.15, 0.2) is 0 Å². The van der Waals surface area contributed by atoms with E-state index < -0.39 is 0 Å². The van der Waals surface area contributed by atoms with Crippen molar-refractivity contribution >= 4 is 11.8 Å². The van der Waals surface area contributed by atoms with Crippen LogP contribution in [0.3, 0.4) is 0 Å². The molecule has 98 valence electrons. The Morgan fingerprint density at radius 2 is 2.18 bits per heavy atom. The van der Waals surface area contributed by atoms with E-state index in [0.29, 0.717) is 0 Å². The smallest absolute Gasteiger partial charge is 0.0939 e. The fourth-order valence-electron chi connectivity index (χ4n) is 1.64. The number of aromatic nitrogens is 2. The standard InChI is InChI=1S/C13H25N3S/c1-11(2)10-14-7-5-6-8-17-13-9-12(3)15-16(13)4/h9,11,14H,5-8,10H2,1-4H3. The van der Waals surface area contributed by atoms with E-state index in [1.807, 2.05) is 30.4 Å². The highest BCUT2D eigenvalue weighted by atomic mass is 32.2. The van der Waals surface area contributed by atoms with Gasteiger partial charge in [0.1, 0.15) is 0 Å². The van der Waals surface area contributed by atoms with E-state index in [1.54, 1.807) is 0 Å². The zero-order valence-electron chi connectivity index (χ0n) is 11.5. The number of unbranched alkanes of at least 4 members (excludes halogenated alkanes) is 1. The lowest BCUT2D eigenvalue weighted by atomic mass is 10.2. The van der Waals surface area contributed by atoms with Crippen molar-refractivity contribution in [3.05, 3.63) is 11.8 Å². The molecule has 0 atom stereocenters. The van der Waals surface area contributed by atoms with Crippen LogP contribution in [0.1, 0.15) is 32.4 Å². The number of nitrogens with one attached hydrogen (secondary N) is 1. The number of nitrogens with zero attached hydrogens (tertiary/aromatic N) is 2. The minimum Gasteiger partial charge on any atom is -0.316 e. The van der Waals surface area contributed by atoms with Crippen LogP contribution in [0.15, 0.2) is 11.1 Å². The van der Waals surface area contributed by atoms with Crippen LogP contribution < -0.4 is 5.32 Å². The van der Waals surface area contributed by atoms with Gasteiger partial charge in [-0.3, -0.25) is 4.68 Å². The molecule has 1 aromatic heterocycles. The van der Waals surface area contributed by atoms with E-state index in [9.17, 15) is 0 Å². The summed E-state index contributed by atoms with van der Waals surface area (Å²) in [6.07, 6.45) is 2.52. The number of thioether (sulfide) groups is 1. The van der Waals surface area contributed by atoms with E-state index in [0.717, 1.165) is 24.7 Å². The number of aryl methyl sites for hydroxylation is 2. The van der Waals surface area contributed by atoms with Gasteiger partial charge in [-0.15, -0.1) is 11.8 Å². The first-order chi connectivity index (χ1) is 8.09. The Bertz CT molecular complexity index is 320. The van der Waals surface area contributed by atoms with Crippen molar-refractivity contribution in [1.82, 2.24) is 15.1 Å². The second kappa shape index (κ2) is 7.77. The Hall–Kier alpha value is -0.480. The lowest BCUT2D eigenvalue weighted by molar-refractivity contribution is 0.541. The summed E-state index contributed by atoms with van der Waals surface area (Å²) in [5.74, 6) is 1.93. The highest BCUT2D eigenvalue weighted by molar-refractivity contribution is 7.99. The predicted octanol–water partition coefficient (Wildman–Crippen LogP) is 2.85. The zero-order chi connectivity index (χ0) is 12.7. The lowest BCUT2D eigenvalue weighted by Gasteiger charge is -2.06. The maximum atomic E-state index is 4.34. The van der Waals surface area contributed by atoms with Crippen LogP contribution in [0.4, 0.5) is 0 Å². The number of rotatable bonds is 8. The van der Waals surface area contributed by atoms with Crippen LogP contribution in [-0.2, 0) is 7.05 Å². The van der Waals surface area contributed by atoms with Crippen molar-refractivity contribution in [2.45, 2.75) is 38.6 Å². The van der Waals surface area contributed by atoms with Crippen molar-refractivity contribution in [1.29, 1.82) is 0 Å². The first kappa shape index (κ1) is 14.6. The molecule has 0 aliphatic rings. The average Bonchev–Trinajstić information content (AvgIpc) is 2.55. The monoisotopic (exact) mass is 255 g/mol. The molecule has 1 N–H and O–H groups in total. The van der Waals surface area contributed by atoms with Gasteiger partial charge in [-0.1, -0.05) is 13.8 Å². The summed E-state index contributed by atoms with van der Waals surface area (Å²) < 4.78 is 1.97. The largest absolute Gasteiger partial charge is 0.316 e. The molecule has 0 aromatic carbocycles. The zero-order valence-corrected chi connectivity index (χ0v) is 12.3. The maximum absolute atomic E-state index is 4.34. The fourth-order valence-corrected chi connectivity index (χ4v) is 2.68. The first-order valence-electron chi connectivity index (χ1n) is 6.43. The van der Waals surface area contributed by atoms with Crippen LogP contribution in [0.2, 0.25) is 0 Å². The third kappa shape index (κ3) is 6.13. The van der Waals surface area contributed by atoms with Crippen LogP contribution in [0.25, 0.3) is 0 Å². The van der Waals surface area contributed by atoms with Gasteiger partial charge in [0.2, 0.25) is 0 Å². The molecule has 0 spiro atoms. The van der Waals surface area contributed by atoms with Gasteiger partial charge in [-0.05, 0) is 50.6 Å². The Balaban J connectivity index is 2.03. The molecule has 0 aliphatic heterocycles. The normalized spacial score (nSPS) is 11.4. The molecule has 0 radical (unpaired) electrons. The molecule has 0 amide bonds. The van der Waals surface area contributed by atoms with Crippen LogP contribution in [-0.4, -0.2) is 28.6 Å². The minimum absolute atomic E-state index is 0.752. The van der Waals surface area contributed by atoms with Crippen LogP contribution in [0, 0.1) is 12.8 Å². The van der Waals surface area contributed by atoms with Gasteiger partial charge in [-0.25, -0.2) is 0 Å². The minimum atomic E-state index is 0.752. The summed E-state index contributed by atoms with van der Waals surface area (Å²) in [5.41, 5.74) is 1.11. The number of hydrogen-bond acceptors (Lipinski definition) is 3. The predicted molar refractivity (Wildman–Crippen MR) is 75.6 cm³/mol. The van der Waals surface area contributed by atoms with Gasteiger partial charge >= 0.3 is 0 Å².